The molecule has 0 fully saturated rings. The van der Waals surface area contributed by atoms with Gasteiger partial charge in [0.2, 0.25) is 0 Å². The number of unbranched alkanes of at least 4 members (excludes halogenated alkanes) is 2. The van der Waals surface area contributed by atoms with Crippen LogP contribution in [0, 0.1) is 0 Å². The SMILES string of the molecule is CCCCCOC(=O)/N=C(/N)c1ccc(OCc2nc3cc(C(=O)N(CCC(=O)OCC)c4ccccn4)ccc3n2C)cc1. The summed E-state index contributed by atoms with van der Waals surface area (Å²) in [5, 5.41) is 0. The molecule has 0 atom stereocenters. The van der Waals surface area contributed by atoms with Gasteiger partial charge in [-0.2, -0.15) is 4.99 Å². The normalized spacial score (nSPS) is 11.3. The number of aliphatic imine (C=N–C) groups is 1. The summed E-state index contributed by atoms with van der Waals surface area (Å²) >= 11 is 0. The monoisotopic (exact) mass is 614 g/mol. The predicted molar refractivity (Wildman–Crippen MR) is 170 cm³/mol. The second-order valence-electron chi connectivity index (χ2n) is 10.1. The lowest BCUT2D eigenvalue weighted by molar-refractivity contribution is -0.142. The smallest absolute Gasteiger partial charge is 0.435 e. The van der Waals surface area contributed by atoms with Crippen molar-refractivity contribution >= 4 is 40.7 Å². The molecular weight excluding hydrogens is 576 g/mol. The Kier molecular flexibility index (Phi) is 11.6. The zero-order valence-corrected chi connectivity index (χ0v) is 25.8. The number of hydrogen-bond acceptors (Lipinski definition) is 8. The highest BCUT2D eigenvalue weighted by Gasteiger charge is 2.21. The largest absolute Gasteiger partial charge is 0.486 e. The fraction of sp³-hybridized carbons (Fsp3) is 0.333. The van der Waals surface area contributed by atoms with Gasteiger partial charge < -0.3 is 24.5 Å². The number of nitrogens with two attached hydrogens (primary N) is 1. The molecule has 45 heavy (non-hydrogen) atoms. The number of pyridine rings is 1. The molecule has 0 bridgehead atoms. The molecule has 2 heterocycles. The van der Waals surface area contributed by atoms with Gasteiger partial charge in [0.1, 0.15) is 29.8 Å². The molecule has 0 aliphatic rings. The number of nitrogens with zero attached hydrogens (tertiary/aromatic N) is 5. The Labute approximate surface area is 261 Å². The molecular formula is C33H38N6O6. The van der Waals surface area contributed by atoms with E-state index < -0.39 is 6.09 Å². The number of fused-ring (bicyclic) bond motifs is 1. The zero-order valence-electron chi connectivity index (χ0n) is 25.8. The Morgan fingerprint density at radius 2 is 1.76 bits per heavy atom. The number of amidine groups is 1. The first-order valence-electron chi connectivity index (χ1n) is 14.9. The lowest BCUT2D eigenvalue weighted by Gasteiger charge is -2.21. The number of carbonyl (C=O) groups excluding carboxylic acids is 3. The molecule has 236 valence electrons. The molecule has 0 aliphatic heterocycles. The summed E-state index contributed by atoms with van der Waals surface area (Å²) in [5.74, 6) is 1.02. The van der Waals surface area contributed by atoms with E-state index in [2.05, 4.69) is 16.9 Å². The maximum absolute atomic E-state index is 13.6. The van der Waals surface area contributed by atoms with Crippen molar-refractivity contribution in [1.82, 2.24) is 14.5 Å². The number of hydrogen-bond donors (Lipinski definition) is 1. The number of imidazole rings is 1. The van der Waals surface area contributed by atoms with E-state index >= 15 is 0 Å². The summed E-state index contributed by atoms with van der Waals surface area (Å²) < 4.78 is 18.0. The fourth-order valence-corrected chi connectivity index (χ4v) is 4.51. The molecule has 4 aromatic rings. The maximum Gasteiger partial charge on any atom is 0.435 e. The van der Waals surface area contributed by atoms with Crippen LogP contribution in [0.25, 0.3) is 11.0 Å². The maximum atomic E-state index is 13.6. The van der Waals surface area contributed by atoms with Gasteiger partial charge >= 0.3 is 12.1 Å². The van der Waals surface area contributed by atoms with Crippen LogP contribution in [-0.2, 0) is 27.9 Å². The number of anilines is 1. The van der Waals surface area contributed by atoms with Crippen molar-refractivity contribution in [1.29, 1.82) is 0 Å². The third-order valence-corrected chi connectivity index (χ3v) is 6.94. The number of rotatable bonds is 14. The van der Waals surface area contributed by atoms with Crippen LogP contribution >= 0.6 is 0 Å². The van der Waals surface area contributed by atoms with Crippen LogP contribution in [0.4, 0.5) is 10.6 Å². The van der Waals surface area contributed by atoms with Crippen LogP contribution in [0.2, 0.25) is 0 Å². The standard InChI is InChI=1S/C33H38N6O6/c1-4-6-9-20-44-33(42)37-31(34)23-11-14-25(15-12-23)45-22-29-36-26-21-24(13-16-27(26)38(29)3)32(41)39(19-17-30(40)43-5-2)28-10-7-8-18-35-28/h7-8,10-16,18,21H,4-6,9,17,19-20,22H2,1-3H3,(H2,34,37,42). The Balaban J connectivity index is 1.43. The highest BCUT2D eigenvalue weighted by atomic mass is 16.5. The molecule has 0 spiro atoms. The summed E-state index contributed by atoms with van der Waals surface area (Å²) in [7, 11) is 1.87. The predicted octanol–water partition coefficient (Wildman–Crippen LogP) is 5.18. The molecule has 0 saturated heterocycles. The summed E-state index contributed by atoms with van der Waals surface area (Å²) in [6.45, 7) is 4.68. The first-order valence-corrected chi connectivity index (χ1v) is 14.9. The molecule has 0 unspecified atom stereocenters. The van der Waals surface area contributed by atoms with E-state index in [1.165, 1.54) is 4.90 Å². The van der Waals surface area contributed by atoms with Crippen molar-refractivity contribution in [3.8, 4) is 5.75 Å². The van der Waals surface area contributed by atoms with E-state index in [1.54, 1.807) is 67.7 Å². The minimum atomic E-state index is -0.711. The highest BCUT2D eigenvalue weighted by Crippen LogP contribution is 2.22. The zero-order chi connectivity index (χ0) is 32.2. The van der Waals surface area contributed by atoms with Crippen LogP contribution in [0.3, 0.4) is 0 Å². The number of amides is 2. The first-order chi connectivity index (χ1) is 21.8. The van der Waals surface area contributed by atoms with Crippen molar-refractivity contribution in [2.24, 2.45) is 17.8 Å². The topological polar surface area (TPSA) is 151 Å². The highest BCUT2D eigenvalue weighted by molar-refractivity contribution is 6.07. The number of aromatic nitrogens is 3. The average Bonchev–Trinajstić information content (AvgIpc) is 3.37. The van der Waals surface area contributed by atoms with Gasteiger partial charge in [-0.05, 0) is 67.9 Å². The van der Waals surface area contributed by atoms with Crippen molar-refractivity contribution < 1.29 is 28.6 Å². The Bertz CT molecular complexity index is 1630. The van der Waals surface area contributed by atoms with Crippen molar-refractivity contribution in [3.63, 3.8) is 0 Å². The van der Waals surface area contributed by atoms with Crippen molar-refractivity contribution in [2.75, 3.05) is 24.7 Å². The van der Waals surface area contributed by atoms with Gasteiger partial charge in [-0.3, -0.25) is 14.5 Å². The van der Waals surface area contributed by atoms with E-state index in [0.717, 1.165) is 24.8 Å². The van der Waals surface area contributed by atoms with Crippen molar-refractivity contribution in [2.45, 2.75) is 46.1 Å². The second-order valence-corrected chi connectivity index (χ2v) is 10.1. The molecule has 2 aromatic carbocycles. The Morgan fingerprint density at radius 3 is 2.47 bits per heavy atom. The number of carbonyl (C=O) groups is 3. The molecule has 2 amide bonds. The minimum absolute atomic E-state index is 0.0372. The molecule has 4 rings (SSSR count). The van der Waals surface area contributed by atoms with Crippen LogP contribution in [0.15, 0.2) is 71.9 Å². The van der Waals surface area contributed by atoms with E-state index in [0.29, 0.717) is 40.6 Å². The molecule has 0 radical (unpaired) electrons. The third-order valence-electron chi connectivity index (χ3n) is 6.94. The van der Waals surface area contributed by atoms with Crippen LogP contribution in [-0.4, -0.2) is 58.1 Å². The Morgan fingerprint density at radius 1 is 0.978 bits per heavy atom. The molecule has 12 nitrogen and oxygen atoms in total. The van der Waals surface area contributed by atoms with E-state index in [-0.39, 0.29) is 43.9 Å². The first kappa shape index (κ1) is 32.6. The number of aryl methyl sites for hydroxylation is 1. The molecule has 0 aliphatic carbocycles. The van der Waals surface area contributed by atoms with Gasteiger partial charge in [0.05, 0.1) is 30.7 Å². The minimum Gasteiger partial charge on any atom is -0.486 e. The van der Waals surface area contributed by atoms with Crippen LogP contribution in [0.5, 0.6) is 5.75 Å². The molecule has 2 N–H and O–H groups in total. The number of benzene rings is 2. The molecule has 0 saturated carbocycles. The lowest BCUT2D eigenvalue weighted by atomic mass is 10.1. The lowest BCUT2D eigenvalue weighted by Crippen LogP contribution is -2.34. The summed E-state index contributed by atoms with van der Waals surface area (Å²) in [6, 6.07) is 17.4. The van der Waals surface area contributed by atoms with Crippen LogP contribution < -0.4 is 15.4 Å². The van der Waals surface area contributed by atoms with Crippen LogP contribution in [0.1, 0.15) is 61.3 Å². The van der Waals surface area contributed by atoms with Gasteiger partial charge in [0.25, 0.3) is 5.91 Å². The van der Waals surface area contributed by atoms with E-state index in [4.69, 9.17) is 24.9 Å². The van der Waals surface area contributed by atoms with Gasteiger partial charge in [0, 0.05) is 30.9 Å². The third kappa shape index (κ3) is 8.88. The molecule has 2 aromatic heterocycles. The van der Waals surface area contributed by atoms with Gasteiger partial charge in [-0.1, -0.05) is 25.8 Å². The summed E-state index contributed by atoms with van der Waals surface area (Å²) in [5.41, 5.74) is 8.39. The number of esters is 1. The van der Waals surface area contributed by atoms with E-state index in [1.807, 2.05) is 17.7 Å². The second kappa shape index (κ2) is 16.0. The fourth-order valence-electron chi connectivity index (χ4n) is 4.51. The molecule has 12 heteroatoms. The summed E-state index contributed by atoms with van der Waals surface area (Å²) in [6.07, 6.45) is 3.72. The van der Waals surface area contributed by atoms with Gasteiger partial charge in [-0.15, -0.1) is 0 Å². The Hall–Kier alpha value is -5.26. The number of ether oxygens (including phenoxy) is 3. The quantitative estimate of drug-likeness (QED) is 0.0877. The van der Waals surface area contributed by atoms with Gasteiger partial charge in [0.15, 0.2) is 0 Å². The van der Waals surface area contributed by atoms with Crippen molar-refractivity contribution in [3.05, 3.63) is 83.8 Å². The van der Waals surface area contributed by atoms with Gasteiger partial charge in [-0.25, -0.2) is 14.8 Å². The van der Waals surface area contributed by atoms with E-state index in [9.17, 15) is 14.4 Å². The summed E-state index contributed by atoms with van der Waals surface area (Å²) in [4.78, 5) is 51.8. The average molecular weight is 615 g/mol.